The van der Waals surface area contributed by atoms with E-state index in [0.29, 0.717) is 22.4 Å². The first-order valence-electron chi connectivity index (χ1n) is 5.61. The molecule has 5 heteroatoms. The van der Waals surface area contributed by atoms with Crippen LogP contribution in [0.25, 0.3) is 10.9 Å². The normalized spacial score (nSPS) is 12.7. The van der Waals surface area contributed by atoms with Crippen LogP contribution in [-0.4, -0.2) is 24.7 Å². The van der Waals surface area contributed by atoms with E-state index in [1.807, 2.05) is 19.1 Å². The molecule has 0 aliphatic rings. The number of halogens is 2. The number of fused-ring (bicyclic) bond motifs is 1. The maximum Gasteiger partial charge on any atom is 0.139 e. The Balaban J connectivity index is 2.29. The molecule has 0 fully saturated rings. The quantitative estimate of drug-likeness (QED) is 0.937. The average molecular weight is 313 g/mol. The second-order valence-electron chi connectivity index (χ2n) is 4.16. The second-order valence-corrected chi connectivity index (χ2v) is 5.01. The molecule has 1 heterocycles. The van der Waals surface area contributed by atoms with Gasteiger partial charge in [0.2, 0.25) is 0 Å². The number of pyridine rings is 1. The Morgan fingerprint density at radius 2 is 2.22 bits per heavy atom. The fourth-order valence-electron chi connectivity index (χ4n) is 1.74. The summed E-state index contributed by atoms with van der Waals surface area (Å²) in [5.41, 5.74) is 0.630. The van der Waals surface area contributed by atoms with Crippen molar-refractivity contribution in [2.24, 2.45) is 0 Å². The van der Waals surface area contributed by atoms with Gasteiger partial charge < -0.3 is 10.1 Å². The zero-order valence-corrected chi connectivity index (χ0v) is 11.8. The number of nitrogens with one attached hydrogen (secondary N) is 1. The molecule has 0 aliphatic heterocycles. The number of hydrogen-bond acceptors (Lipinski definition) is 3. The fraction of sp³-hybridized carbons (Fsp3) is 0.308. The predicted molar refractivity (Wildman–Crippen MR) is 74.4 cm³/mol. The number of methoxy groups -OCH3 is 1. The van der Waals surface area contributed by atoms with E-state index in [-0.39, 0.29) is 11.9 Å². The summed E-state index contributed by atoms with van der Waals surface area (Å²) in [4.78, 5) is 4.37. The smallest absolute Gasteiger partial charge is 0.139 e. The van der Waals surface area contributed by atoms with Gasteiger partial charge in [-0.3, -0.25) is 0 Å². The molecule has 0 bridgehead atoms. The highest BCUT2D eigenvalue weighted by Crippen LogP contribution is 2.23. The number of benzene rings is 1. The van der Waals surface area contributed by atoms with Gasteiger partial charge in [-0.05, 0) is 41.1 Å². The fourth-order valence-corrected chi connectivity index (χ4v) is 2.10. The lowest BCUT2D eigenvalue weighted by atomic mass is 10.2. The molecule has 0 saturated carbocycles. The molecule has 0 spiro atoms. The molecule has 0 aliphatic carbocycles. The maximum absolute atomic E-state index is 13.4. The van der Waals surface area contributed by atoms with Crippen LogP contribution in [0.5, 0.6) is 0 Å². The Labute approximate surface area is 113 Å². The molecular formula is C13H14BrFN2O. The van der Waals surface area contributed by atoms with Crippen LogP contribution in [0, 0.1) is 5.82 Å². The van der Waals surface area contributed by atoms with Gasteiger partial charge in [0.1, 0.15) is 11.6 Å². The van der Waals surface area contributed by atoms with Gasteiger partial charge >= 0.3 is 0 Å². The zero-order chi connectivity index (χ0) is 13.1. The van der Waals surface area contributed by atoms with E-state index in [1.165, 1.54) is 6.07 Å². The SMILES string of the molecule is COCC(C)Nc1ccc2cc(Br)c(F)cc2n1. The lowest BCUT2D eigenvalue weighted by Crippen LogP contribution is -2.21. The van der Waals surface area contributed by atoms with Gasteiger partial charge in [0.15, 0.2) is 0 Å². The van der Waals surface area contributed by atoms with E-state index in [9.17, 15) is 4.39 Å². The summed E-state index contributed by atoms with van der Waals surface area (Å²) >= 11 is 3.16. The number of rotatable bonds is 4. The molecule has 1 atom stereocenters. The molecule has 3 nitrogen and oxygen atoms in total. The molecule has 96 valence electrons. The van der Waals surface area contributed by atoms with Crippen LogP contribution in [0.1, 0.15) is 6.92 Å². The van der Waals surface area contributed by atoms with Crippen LogP contribution < -0.4 is 5.32 Å². The Bertz CT molecular complexity index is 562. The highest BCUT2D eigenvalue weighted by Gasteiger charge is 2.06. The second kappa shape index (κ2) is 5.63. The summed E-state index contributed by atoms with van der Waals surface area (Å²) < 4.78 is 18.9. The highest BCUT2D eigenvalue weighted by molar-refractivity contribution is 9.10. The molecule has 0 radical (unpaired) electrons. The van der Waals surface area contributed by atoms with Crippen molar-refractivity contribution < 1.29 is 9.13 Å². The summed E-state index contributed by atoms with van der Waals surface area (Å²) in [5.74, 6) is 0.408. The number of nitrogens with zero attached hydrogens (tertiary/aromatic N) is 1. The van der Waals surface area contributed by atoms with Crippen molar-refractivity contribution in [2.45, 2.75) is 13.0 Å². The summed E-state index contributed by atoms with van der Waals surface area (Å²) in [6.07, 6.45) is 0. The van der Waals surface area contributed by atoms with E-state index in [0.717, 1.165) is 5.39 Å². The Morgan fingerprint density at radius 3 is 2.94 bits per heavy atom. The molecule has 1 aromatic heterocycles. The first kappa shape index (κ1) is 13.2. The average Bonchev–Trinajstić information content (AvgIpc) is 2.31. The van der Waals surface area contributed by atoms with Crippen molar-refractivity contribution in [3.8, 4) is 0 Å². The highest BCUT2D eigenvalue weighted by atomic mass is 79.9. The molecule has 1 N–H and O–H groups in total. The monoisotopic (exact) mass is 312 g/mol. The van der Waals surface area contributed by atoms with Gasteiger partial charge in [-0.2, -0.15) is 0 Å². The molecular weight excluding hydrogens is 299 g/mol. The summed E-state index contributed by atoms with van der Waals surface area (Å²) in [7, 11) is 1.65. The van der Waals surface area contributed by atoms with Crippen molar-refractivity contribution >= 4 is 32.7 Å². The van der Waals surface area contributed by atoms with E-state index in [2.05, 4.69) is 26.2 Å². The van der Waals surface area contributed by atoms with Crippen LogP contribution in [0.4, 0.5) is 10.2 Å². The molecule has 0 saturated heterocycles. The summed E-state index contributed by atoms with van der Waals surface area (Å²) in [6.45, 7) is 2.59. The van der Waals surface area contributed by atoms with Gasteiger partial charge in [0, 0.05) is 24.6 Å². The first-order valence-corrected chi connectivity index (χ1v) is 6.40. The van der Waals surface area contributed by atoms with Crippen LogP contribution >= 0.6 is 15.9 Å². The molecule has 18 heavy (non-hydrogen) atoms. The summed E-state index contributed by atoms with van der Waals surface area (Å²) in [6, 6.07) is 7.08. The van der Waals surface area contributed by atoms with Crippen LogP contribution in [-0.2, 0) is 4.74 Å². The number of aromatic nitrogens is 1. The third kappa shape index (κ3) is 2.97. The molecule has 1 unspecified atom stereocenters. The Hall–Kier alpha value is -1.20. The van der Waals surface area contributed by atoms with E-state index >= 15 is 0 Å². The minimum Gasteiger partial charge on any atom is -0.383 e. The maximum atomic E-state index is 13.4. The van der Waals surface area contributed by atoms with Crippen molar-refractivity contribution in [3.63, 3.8) is 0 Å². The van der Waals surface area contributed by atoms with Gasteiger partial charge in [-0.15, -0.1) is 0 Å². The van der Waals surface area contributed by atoms with Gasteiger partial charge in [0.25, 0.3) is 0 Å². The van der Waals surface area contributed by atoms with Crippen LogP contribution in [0.15, 0.2) is 28.7 Å². The third-order valence-electron chi connectivity index (χ3n) is 2.54. The standard InChI is InChI=1S/C13H14BrFN2O/c1-8(7-18-2)16-13-4-3-9-5-10(14)11(15)6-12(9)17-13/h3-6,8H,7H2,1-2H3,(H,16,17). The van der Waals surface area contributed by atoms with Crippen molar-refractivity contribution in [1.82, 2.24) is 4.98 Å². The van der Waals surface area contributed by atoms with Gasteiger partial charge in [-0.25, -0.2) is 9.37 Å². The third-order valence-corrected chi connectivity index (χ3v) is 3.15. The number of anilines is 1. The molecule has 2 rings (SSSR count). The van der Waals surface area contributed by atoms with E-state index in [1.54, 1.807) is 13.2 Å². The van der Waals surface area contributed by atoms with Crippen LogP contribution in [0.3, 0.4) is 0 Å². The number of ether oxygens (including phenoxy) is 1. The van der Waals surface area contributed by atoms with Gasteiger partial charge in [-0.1, -0.05) is 0 Å². The molecule has 2 aromatic rings. The van der Waals surface area contributed by atoms with Crippen LogP contribution in [0.2, 0.25) is 0 Å². The predicted octanol–water partition coefficient (Wildman–Crippen LogP) is 3.58. The van der Waals surface area contributed by atoms with Gasteiger partial charge in [0.05, 0.1) is 16.6 Å². The van der Waals surface area contributed by atoms with Crippen molar-refractivity contribution in [1.29, 1.82) is 0 Å². The minimum absolute atomic E-state index is 0.153. The molecule has 1 aromatic carbocycles. The van der Waals surface area contributed by atoms with E-state index in [4.69, 9.17) is 4.74 Å². The Morgan fingerprint density at radius 1 is 1.44 bits per heavy atom. The lowest BCUT2D eigenvalue weighted by Gasteiger charge is -2.13. The van der Waals surface area contributed by atoms with E-state index < -0.39 is 0 Å². The Kier molecular flexibility index (Phi) is 4.14. The molecule has 0 amide bonds. The number of hydrogen-bond donors (Lipinski definition) is 1. The lowest BCUT2D eigenvalue weighted by molar-refractivity contribution is 0.190. The van der Waals surface area contributed by atoms with Crippen molar-refractivity contribution in [2.75, 3.05) is 19.0 Å². The topological polar surface area (TPSA) is 34.1 Å². The van der Waals surface area contributed by atoms with Crippen molar-refractivity contribution in [3.05, 3.63) is 34.6 Å². The largest absolute Gasteiger partial charge is 0.383 e. The first-order chi connectivity index (χ1) is 8.60. The minimum atomic E-state index is -0.308. The zero-order valence-electron chi connectivity index (χ0n) is 10.2. The summed E-state index contributed by atoms with van der Waals surface area (Å²) in [5, 5.41) is 4.10.